The van der Waals surface area contributed by atoms with Crippen molar-refractivity contribution in [1.82, 2.24) is 15.0 Å². The van der Waals surface area contributed by atoms with Gasteiger partial charge in [0, 0.05) is 48.2 Å². The first-order chi connectivity index (χ1) is 18.6. The molecule has 2 aromatic carbocycles. The summed E-state index contributed by atoms with van der Waals surface area (Å²) in [7, 11) is -1.34. The third-order valence-corrected chi connectivity index (χ3v) is 7.87. The van der Waals surface area contributed by atoms with E-state index in [0.717, 1.165) is 38.9 Å². The Morgan fingerprint density at radius 1 is 0.784 bits per heavy atom. The predicted octanol–water partition coefficient (Wildman–Crippen LogP) is 7.24. The Kier molecular flexibility index (Phi) is 6.94. The second-order valence-electron chi connectivity index (χ2n) is 9.44. The minimum absolute atomic E-state index is 0. The summed E-state index contributed by atoms with van der Waals surface area (Å²) in [6.07, 6.45) is 5.13. The van der Waals surface area contributed by atoms with E-state index < -0.39 is 14.9 Å². The van der Waals surface area contributed by atoms with Crippen LogP contribution in [0.4, 0.5) is 0 Å². The van der Waals surface area contributed by atoms with Crippen LogP contribution < -0.4 is 5.19 Å². The maximum atomic E-state index is 7.23. The molecule has 4 nitrogen and oxygen atoms in total. The number of aromatic nitrogens is 3. The molecule has 6 aromatic rings. The van der Waals surface area contributed by atoms with Crippen LogP contribution in [0.3, 0.4) is 0 Å². The number of fused-ring (bicyclic) bond motifs is 3. The molecule has 4 heterocycles. The molecular formula is C31H27IrN3OSi-2. The Morgan fingerprint density at radius 3 is 2.30 bits per heavy atom. The number of pyridine rings is 3. The molecule has 0 saturated carbocycles. The maximum Gasteiger partial charge on any atom is 0.216 e. The molecule has 0 bridgehead atoms. The first-order valence-electron chi connectivity index (χ1n) is 13.2. The zero-order valence-electron chi connectivity index (χ0n) is 23.7. The van der Waals surface area contributed by atoms with Gasteiger partial charge in [-0.15, -0.1) is 54.1 Å². The molecule has 37 heavy (non-hydrogen) atoms. The van der Waals surface area contributed by atoms with E-state index in [-0.39, 0.29) is 25.7 Å². The van der Waals surface area contributed by atoms with E-state index in [2.05, 4.69) is 58.9 Å². The van der Waals surface area contributed by atoms with Gasteiger partial charge in [0.25, 0.3) is 0 Å². The quantitative estimate of drug-likeness (QED) is 0.146. The summed E-state index contributed by atoms with van der Waals surface area (Å²) in [5, 5.41) is 3.43. The Morgan fingerprint density at radius 2 is 1.62 bits per heavy atom. The van der Waals surface area contributed by atoms with Gasteiger partial charge in [-0.2, -0.15) is 0 Å². The molecule has 6 heteroatoms. The molecule has 0 aliphatic carbocycles. The van der Waals surface area contributed by atoms with E-state index in [9.17, 15) is 0 Å². The SMILES string of the molecule is C[Si](C)(C)c1ccc(-c2[c-]ccc3c2oc2ncccc23)nc1.[2H]C([2H])([2H])c1ccc(-c2[c-]cccc2)nc1.[Ir]. The first kappa shape index (κ1) is 22.7. The monoisotopic (exact) mass is 681 g/mol. The largest absolute Gasteiger partial charge is 0.486 e. The van der Waals surface area contributed by atoms with Crippen LogP contribution in [0, 0.1) is 19.0 Å². The summed E-state index contributed by atoms with van der Waals surface area (Å²) in [6, 6.07) is 29.2. The van der Waals surface area contributed by atoms with E-state index >= 15 is 0 Å². The minimum Gasteiger partial charge on any atom is -0.486 e. The molecule has 0 spiro atoms. The number of aryl methyl sites for hydroxylation is 1. The van der Waals surface area contributed by atoms with Crippen molar-refractivity contribution in [2.24, 2.45) is 0 Å². The topological polar surface area (TPSA) is 51.8 Å². The van der Waals surface area contributed by atoms with E-state index in [1.165, 1.54) is 11.4 Å². The van der Waals surface area contributed by atoms with Crippen LogP contribution in [-0.2, 0) is 20.1 Å². The molecular weight excluding hydrogens is 651 g/mol. The Hall–Kier alpha value is -3.44. The molecule has 0 unspecified atom stereocenters. The summed E-state index contributed by atoms with van der Waals surface area (Å²) in [5.41, 5.74) is 5.08. The summed E-state index contributed by atoms with van der Waals surface area (Å²) in [5.74, 6) is 0. The number of hydrogen-bond acceptors (Lipinski definition) is 4. The molecule has 0 saturated heterocycles. The molecule has 0 amide bonds. The zero-order chi connectivity index (χ0) is 27.6. The van der Waals surface area contributed by atoms with Gasteiger partial charge >= 0.3 is 0 Å². The molecule has 0 fully saturated rings. The van der Waals surface area contributed by atoms with Gasteiger partial charge in [0.05, 0.1) is 13.7 Å². The third kappa shape index (κ3) is 5.94. The van der Waals surface area contributed by atoms with Gasteiger partial charge in [-0.05, 0) is 41.1 Å². The van der Waals surface area contributed by atoms with Gasteiger partial charge in [-0.25, -0.2) is 4.98 Å². The Balaban J connectivity index is 0.000000192. The molecule has 0 N–H and O–H groups in total. The van der Waals surface area contributed by atoms with Gasteiger partial charge in [0.1, 0.15) is 0 Å². The van der Waals surface area contributed by atoms with E-state index in [1.54, 1.807) is 24.4 Å². The van der Waals surface area contributed by atoms with Crippen LogP contribution >= 0.6 is 0 Å². The maximum absolute atomic E-state index is 7.23. The van der Waals surface area contributed by atoms with Gasteiger partial charge in [0.15, 0.2) is 0 Å². The molecule has 187 valence electrons. The molecule has 0 aliphatic rings. The normalized spacial score (nSPS) is 12.6. The van der Waals surface area contributed by atoms with Crippen LogP contribution in [0.2, 0.25) is 19.6 Å². The van der Waals surface area contributed by atoms with Crippen molar-refractivity contribution in [3.63, 3.8) is 0 Å². The smallest absolute Gasteiger partial charge is 0.216 e. The predicted molar refractivity (Wildman–Crippen MR) is 150 cm³/mol. The molecule has 1 radical (unpaired) electrons. The van der Waals surface area contributed by atoms with Crippen molar-refractivity contribution in [1.29, 1.82) is 0 Å². The van der Waals surface area contributed by atoms with Crippen molar-refractivity contribution in [2.75, 3.05) is 0 Å². The van der Waals surface area contributed by atoms with Crippen molar-refractivity contribution in [2.45, 2.75) is 26.5 Å². The van der Waals surface area contributed by atoms with E-state index in [0.29, 0.717) is 5.71 Å². The fourth-order valence-electron chi connectivity index (χ4n) is 3.86. The van der Waals surface area contributed by atoms with Gasteiger partial charge in [-0.3, -0.25) is 0 Å². The van der Waals surface area contributed by atoms with Crippen molar-refractivity contribution >= 4 is 35.3 Å². The van der Waals surface area contributed by atoms with Crippen molar-refractivity contribution in [3.8, 4) is 22.5 Å². The second-order valence-corrected chi connectivity index (χ2v) is 14.5. The number of benzene rings is 2. The number of rotatable bonds is 3. The standard InChI is InChI=1S/C19H17N2OSi.C12H10N.Ir/c1-23(2,3)13-9-10-17(21-12-13)16-7-4-6-14-15-8-5-11-20-19(15)22-18(14)16;1-10-7-8-12(13-9-10)11-5-3-2-4-6-11;/h4-6,8-12H,1-3H3;2-5,7-9H,1H3;/q2*-1;/i;1D3;. The number of hydrogen-bond donors (Lipinski definition) is 0. The van der Waals surface area contributed by atoms with Crippen molar-refractivity contribution < 1.29 is 28.6 Å². The summed E-state index contributed by atoms with van der Waals surface area (Å²) in [6.45, 7) is 4.87. The van der Waals surface area contributed by atoms with Gasteiger partial charge in [-0.1, -0.05) is 54.9 Å². The summed E-state index contributed by atoms with van der Waals surface area (Å²) < 4.78 is 27.7. The van der Waals surface area contributed by atoms with Crippen LogP contribution in [0.25, 0.3) is 44.6 Å². The Bertz CT molecular complexity index is 1710. The fourth-order valence-corrected chi connectivity index (χ4v) is 4.89. The third-order valence-electron chi connectivity index (χ3n) is 5.84. The van der Waals surface area contributed by atoms with Gasteiger partial charge in [0.2, 0.25) is 5.71 Å². The van der Waals surface area contributed by atoms with Crippen molar-refractivity contribution in [3.05, 3.63) is 109 Å². The minimum atomic E-state index is -2.09. The second kappa shape index (κ2) is 11.3. The number of furan rings is 1. The first-order valence-corrected chi connectivity index (χ1v) is 15.2. The Labute approximate surface area is 236 Å². The zero-order valence-corrected chi connectivity index (χ0v) is 24.1. The van der Waals surface area contributed by atoms with E-state index in [4.69, 9.17) is 8.53 Å². The average Bonchev–Trinajstić information content (AvgIpc) is 3.32. The summed E-state index contributed by atoms with van der Waals surface area (Å²) in [4.78, 5) is 13.1. The molecule has 0 atom stereocenters. The fraction of sp³-hybridized carbons (Fsp3) is 0.129. The summed E-state index contributed by atoms with van der Waals surface area (Å²) >= 11 is 0. The number of nitrogens with zero attached hydrogens (tertiary/aromatic N) is 3. The van der Waals surface area contributed by atoms with Crippen LogP contribution in [0.15, 0.2) is 95.8 Å². The molecule has 6 rings (SSSR count). The molecule has 4 aromatic heterocycles. The van der Waals surface area contributed by atoms with Crippen LogP contribution in [0.1, 0.15) is 9.68 Å². The van der Waals surface area contributed by atoms with Gasteiger partial charge < -0.3 is 14.4 Å². The van der Waals surface area contributed by atoms with Crippen LogP contribution in [-0.4, -0.2) is 23.0 Å². The molecule has 0 aliphatic heterocycles. The van der Waals surface area contributed by atoms with Crippen LogP contribution in [0.5, 0.6) is 0 Å². The van der Waals surface area contributed by atoms with E-state index in [1.807, 2.05) is 48.7 Å². The average molecular weight is 681 g/mol.